The molecule has 2 aromatic carbocycles. The summed E-state index contributed by atoms with van der Waals surface area (Å²) in [6, 6.07) is 15.7. The Bertz CT molecular complexity index is 500. The van der Waals surface area contributed by atoms with Crippen LogP contribution in [-0.4, -0.2) is 12.1 Å². The normalized spacial score (nSPS) is 10.1. The lowest BCUT2D eigenvalue weighted by Crippen LogP contribution is -1.95. The molecule has 2 nitrogen and oxygen atoms in total. The summed E-state index contributed by atoms with van der Waals surface area (Å²) in [7, 11) is 0. The van der Waals surface area contributed by atoms with E-state index in [1.807, 2.05) is 42.5 Å². The number of ether oxygens (including phenoxy) is 2. The fourth-order valence-electron chi connectivity index (χ4n) is 1.69. The Kier molecular flexibility index (Phi) is 4.73. The van der Waals surface area contributed by atoms with Gasteiger partial charge in [0.05, 0.1) is 0 Å². The largest absolute Gasteiger partial charge is 0.478 e. The second-order valence-corrected chi connectivity index (χ2v) is 3.97. The van der Waals surface area contributed by atoms with Crippen LogP contribution in [0.2, 0.25) is 0 Å². The smallest absolute Gasteiger partial charge is 0.162 e. The summed E-state index contributed by atoms with van der Waals surface area (Å²) in [5, 5.41) is 0. The molecule has 0 amide bonds. The molecule has 0 aliphatic rings. The molecule has 0 spiro atoms. The summed E-state index contributed by atoms with van der Waals surface area (Å²) in [6.45, 7) is 0. The molecule has 4 heteroatoms. The van der Waals surface area contributed by atoms with E-state index in [9.17, 15) is 0 Å². The molecule has 0 bridgehead atoms. The van der Waals surface area contributed by atoms with Crippen LogP contribution in [0, 0.1) is 0 Å². The summed E-state index contributed by atoms with van der Waals surface area (Å²) < 4.78 is 10.6. The van der Waals surface area contributed by atoms with E-state index in [2.05, 4.69) is 0 Å². The number of hydrogen-bond donors (Lipinski definition) is 0. The third kappa shape index (κ3) is 3.09. The summed E-state index contributed by atoms with van der Waals surface area (Å²) in [5.74, 6) is 1.34. The minimum Gasteiger partial charge on any atom is -0.478 e. The van der Waals surface area contributed by atoms with Crippen molar-refractivity contribution in [1.82, 2.24) is 0 Å². The third-order valence-corrected chi connectivity index (χ3v) is 2.69. The van der Waals surface area contributed by atoms with Crippen LogP contribution in [0.15, 0.2) is 48.5 Å². The molecule has 2 aromatic rings. The zero-order valence-electron chi connectivity index (χ0n) is 9.61. The molecule has 0 fully saturated rings. The molecule has 0 heterocycles. The van der Waals surface area contributed by atoms with Crippen molar-refractivity contribution in [2.75, 3.05) is 12.1 Å². The average molecular weight is 283 g/mol. The van der Waals surface area contributed by atoms with Gasteiger partial charge in [-0.3, -0.25) is 0 Å². The Morgan fingerprint density at radius 2 is 1.56 bits per heavy atom. The standard InChI is InChI=1S/C14H12Cl2O2/c15-9-17-12-6-7-13(14(8-12)18-10-16)11-4-2-1-3-5-11/h1-8H,9-10H2. The van der Waals surface area contributed by atoms with Crippen molar-refractivity contribution in [3.8, 4) is 22.6 Å². The highest BCUT2D eigenvalue weighted by molar-refractivity contribution is 6.17. The number of alkyl halides is 2. The van der Waals surface area contributed by atoms with Gasteiger partial charge in [0.2, 0.25) is 0 Å². The van der Waals surface area contributed by atoms with Gasteiger partial charge in [-0.05, 0) is 17.7 Å². The summed E-state index contributed by atoms with van der Waals surface area (Å²) in [4.78, 5) is 0. The van der Waals surface area contributed by atoms with E-state index in [1.165, 1.54) is 0 Å². The molecule has 0 aromatic heterocycles. The van der Waals surface area contributed by atoms with Crippen molar-refractivity contribution in [2.24, 2.45) is 0 Å². The van der Waals surface area contributed by atoms with Crippen molar-refractivity contribution in [3.05, 3.63) is 48.5 Å². The van der Waals surface area contributed by atoms with Crippen LogP contribution < -0.4 is 9.47 Å². The van der Waals surface area contributed by atoms with Gasteiger partial charge in [0, 0.05) is 11.6 Å². The van der Waals surface area contributed by atoms with Crippen molar-refractivity contribution in [1.29, 1.82) is 0 Å². The maximum Gasteiger partial charge on any atom is 0.162 e. The number of halogens is 2. The molecule has 0 unspecified atom stereocenters. The Labute approximate surface area is 116 Å². The Balaban J connectivity index is 2.40. The number of rotatable bonds is 5. The number of benzene rings is 2. The van der Waals surface area contributed by atoms with Gasteiger partial charge in [-0.25, -0.2) is 0 Å². The van der Waals surface area contributed by atoms with E-state index in [0.29, 0.717) is 11.5 Å². The molecule has 0 saturated heterocycles. The van der Waals surface area contributed by atoms with Crippen LogP contribution in [0.1, 0.15) is 0 Å². The zero-order valence-corrected chi connectivity index (χ0v) is 11.1. The fourth-order valence-corrected chi connectivity index (χ4v) is 1.93. The highest BCUT2D eigenvalue weighted by atomic mass is 35.5. The van der Waals surface area contributed by atoms with E-state index in [1.54, 1.807) is 6.07 Å². The first-order valence-corrected chi connectivity index (χ1v) is 6.49. The highest BCUT2D eigenvalue weighted by Crippen LogP contribution is 2.33. The zero-order chi connectivity index (χ0) is 12.8. The Morgan fingerprint density at radius 3 is 2.22 bits per heavy atom. The van der Waals surface area contributed by atoms with Crippen LogP contribution in [0.4, 0.5) is 0 Å². The SMILES string of the molecule is ClCOc1ccc(-c2ccccc2)c(OCCl)c1. The summed E-state index contributed by atoms with van der Waals surface area (Å²) in [5.41, 5.74) is 2.04. The van der Waals surface area contributed by atoms with Gasteiger partial charge in [0.1, 0.15) is 11.5 Å². The maximum absolute atomic E-state index is 5.64. The van der Waals surface area contributed by atoms with Crippen LogP contribution in [0.3, 0.4) is 0 Å². The lowest BCUT2D eigenvalue weighted by Gasteiger charge is -2.11. The first-order valence-electron chi connectivity index (χ1n) is 5.42. The van der Waals surface area contributed by atoms with Crippen molar-refractivity contribution in [2.45, 2.75) is 0 Å². The monoisotopic (exact) mass is 282 g/mol. The third-order valence-electron chi connectivity index (χ3n) is 2.47. The topological polar surface area (TPSA) is 18.5 Å². The first kappa shape index (κ1) is 13.1. The Morgan fingerprint density at radius 1 is 0.833 bits per heavy atom. The molecule has 0 N–H and O–H groups in total. The molecular weight excluding hydrogens is 271 g/mol. The minimum absolute atomic E-state index is 0.0875. The molecule has 94 valence electrons. The second kappa shape index (κ2) is 6.53. The van der Waals surface area contributed by atoms with Crippen molar-refractivity contribution in [3.63, 3.8) is 0 Å². The van der Waals surface area contributed by atoms with Gasteiger partial charge in [-0.2, -0.15) is 0 Å². The van der Waals surface area contributed by atoms with Gasteiger partial charge in [0.25, 0.3) is 0 Å². The van der Waals surface area contributed by atoms with E-state index in [0.717, 1.165) is 11.1 Å². The van der Waals surface area contributed by atoms with Crippen LogP contribution in [0.25, 0.3) is 11.1 Å². The highest BCUT2D eigenvalue weighted by Gasteiger charge is 2.08. The molecular formula is C14H12Cl2O2. The molecule has 0 aliphatic heterocycles. The van der Waals surface area contributed by atoms with Gasteiger partial charge in [0.15, 0.2) is 12.1 Å². The van der Waals surface area contributed by atoms with Gasteiger partial charge >= 0.3 is 0 Å². The molecule has 0 atom stereocenters. The lowest BCUT2D eigenvalue weighted by atomic mass is 10.0. The quantitative estimate of drug-likeness (QED) is 0.752. The van der Waals surface area contributed by atoms with E-state index >= 15 is 0 Å². The molecule has 0 radical (unpaired) electrons. The van der Waals surface area contributed by atoms with E-state index in [4.69, 9.17) is 32.7 Å². The van der Waals surface area contributed by atoms with Crippen molar-refractivity contribution >= 4 is 23.2 Å². The van der Waals surface area contributed by atoms with E-state index < -0.39 is 0 Å². The van der Waals surface area contributed by atoms with Crippen molar-refractivity contribution < 1.29 is 9.47 Å². The number of hydrogen-bond acceptors (Lipinski definition) is 2. The predicted octanol–water partition coefficient (Wildman–Crippen LogP) is 4.50. The van der Waals surface area contributed by atoms with Crippen LogP contribution in [0.5, 0.6) is 11.5 Å². The van der Waals surface area contributed by atoms with Gasteiger partial charge in [-0.1, -0.05) is 53.5 Å². The average Bonchev–Trinajstić information content (AvgIpc) is 2.41. The maximum atomic E-state index is 5.64. The Hall–Kier alpha value is -1.38. The van der Waals surface area contributed by atoms with E-state index in [-0.39, 0.29) is 12.1 Å². The van der Waals surface area contributed by atoms with Crippen LogP contribution >= 0.6 is 23.2 Å². The van der Waals surface area contributed by atoms with Crippen LogP contribution in [-0.2, 0) is 0 Å². The second-order valence-electron chi connectivity index (χ2n) is 3.53. The minimum atomic E-state index is 0.0875. The molecule has 0 saturated carbocycles. The van der Waals surface area contributed by atoms with Gasteiger partial charge in [-0.15, -0.1) is 0 Å². The molecule has 18 heavy (non-hydrogen) atoms. The summed E-state index contributed by atoms with van der Waals surface area (Å²) in [6.07, 6.45) is 0. The first-order chi connectivity index (χ1) is 8.85. The fraction of sp³-hybridized carbons (Fsp3) is 0.143. The molecule has 2 rings (SSSR count). The summed E-state index contributed by atoms with van der Waals surface area (Å²) >= 11 is 11.2. The van der Waals surface area contributed by atoms with Gasteiger partial charge < -0.3 is 9.47 Å². The predicted molar refractivity (Wildman–Crippen MR) is 74.6 cm³/mol. The lowest BCUT2D eigenvalue weighted by molar-refractivity contribution is 0.369. The molecule has 0 aliphatic carbocycles.